The fourth-order valence-electron chi connectivity index (χ4n) is 4.29. The monoisotopic (exact) mass is 400 g/mol. The quantitative estimate of drug-likeness (QED) is 0.599. The van der Waals surface area contributed by atoms with Crippen molar-refractivity contribution < 1.29 is 14.3 Å². The van der Waals surface area contributed by atoms with Gasteiger partial charge in [-0.15, -0.1) is 0 Å². The van der Waals surface area contributed by atoms with E-state index in [1.54, 1.807) is 12.1 Å². The number of hydrogen-bond acceptors (Lipinski definition) is 5. The van der Waals surface area contributed by atoms with Gasteiger partial charge in [0.05, 0.1) is 0 Å². The Hall–Kier alpha value is -3.34. The molecule has 0 bridgehead atoms. The molecular weight excluding hydrogens is 376 g/mol. The number of benzene rings is 2. The molecule has 2 aliphatic rings. The van der Waals surface area contributed by atoms with Gasteiger partial charge in [-0.05, 0) is 35.7 Å². The van der Waals surface area contributed by atoms with Gasteiger partial charge in [-0.1, -0.05) is 48.5 Å². The van der Waals surface area contributed by atoms with Crippen LogP contribution >= 0.6 is 0 Å². The van der Waals surface area contributed by atoms with Crippen LogP contribution in [0.2, 0.25) is 0 Å². The molecule has 0 radical (unpaired) electrons. The van der Waals surface area contributed by atoms with Gasteiger partial charge in [0.15, 0.2) is 11.5 Å². The molecule has 0 aliphatic carbocycles. The van der Waals surface area contributed by atoms with Crippen molar-refractivity contribution in [1.82, 2.24) is 4.98 Å². The number of fused-ring (bicyclic) bond motifs is 1. The zero-order valence-electron chi connectivity index (χ0n) is 16.8. The number of aromatic nitrogens is 1. The van der Waals surface area contributed by atoms with Crippen LogP contribution in [0, 0.1) is 0 Å². The van der Waals surface area contributed by atoms with Crippen LogP contribution in [0.1, 0.15) is 34.0 Å². The van der Waals surface area contributed by atoms with Crippen molar-refractivity contribution in [2.45, 2.75) is 18.8 Å². The lowest BCUT2D eigenvalue weighted by atomic mass is 9.99. The summed E-state index contributed by atoms with van der Waals surface area (Å²) in [5.41, 5.74) is 3.97. The van der Waals surface area contributed by atoms with E-state index >= 15 is 0 Å². The van der Waals surface area contributed by atoms with E-state index in [1.165, 1.54) is 5.56 Å². The molecule has 3 aromatic rings. The molecule has 5 nitrogen and oxygen atoms in total. The third kappa shape index (κ3) is 3.75. The maximum absolute atomic E-state index is 13.0. The molecule has 3 heterocycles. The van der Waals surface area contributed by atoms with Crippen LogP contribution in [-0.2, 0) is 6.42 Å². The van der Waals surface area contributed by atoms with Gasteiger partial charge >= 0.3 is 0 Å². The minimum Gasteiger partial charge on any atom is -0.484 e. The Kier molecular flexibility index (Phi) is 5.10. The predicted molar refractivity (Wildman–Crippen MR) is 116 cm³/mol. The van der Waals surface area contributed by atoms with Crippen LogP contribution in [0.4, 0.5) is 5.69 Å². The van der Waals surface area contributed by atoms with Crippen molar-refractivity contribution in [3.63, 3.8) is 0 Å². The lowest BCUT2D eigenvalue weighted by Crippen LogP contribution is -2.21. The van der Waals surface area contributed by atoms with Gasteiger partial charge in [-0.3, -0.25) is 4.79 Å². The molecular formula is C25H24N2O3. The summed E-state index contributed by atoms with van der Waals surface area (Å²) in [7, 11) is 0. The molecule has 0 N–H and O–H groups in total. The first-order valence-electron chi connectivity index (χ1n) is 10.5. The molecule has 1 saturated heterocycles. The van der Waals surface area contributed by atoms with Gasteiger partial charge in [0, 0.05) is 31.1 Å². The molecule has 1 fully saturated rings. The van der Waals surface area contributed by atoms with Crippen LogP contribution in [0.25, 0.3) is 0 Å². The zero-order chi connectivity index (χ0) is 20.3. The molecule has 2 aromatic carbocycles. The van der Waals surface area contributed by atoms with Crippen molar-refractivity contribution in [1.29, 1.82) is 0 Å². The molecule has 5 rings (SSSR count). The minimum absolute atomic E-state index is 0.0155. The van der Waals surface area contributed by atoms with E-state index in [0.717, 1.165) is 30.8 Å². The number of ketones is 1. The molecule has 0 spiro atoms. The van der Waals surface area contributed by atoms with E-state index in [0.29, 0.717) is 42.9 Å². The highest BCUT2D eigenvalue weighted by Crippen LogP contribution is 2.33. The Bertz CT molecular complexity index is 1050. The van der Waals surface area contributed by atoms with E-state index < -0.39 is 0 Å². The van der Waals surface area contributed by atoms with E-state index in [-0.39, 0.29) is 5.78 Å². The summed E-state index contributed by atoms with van der Waals surface area (Å²) >= 11 is 0. The molecule has 1 aromatic heterocycles. The zero-order valence-corrected chi connectivity index (χ0v) is 16.8. The van der Waals surface area contributed by atoms with Crippen molar-refractivity contribution >= 4 is 11.5 Å². The second kappa shape index (κ2) is 8.19. The average molecular weight is 400 g/mol. The maximum atomic E-state index is 13.0. The number of carbonyl (C=O) groups is 1. The lowest BCUT2D eigenvalue weighted by molar-refractivity contribution is 0.0985. The van der Waals surface area contributed by atoms with Gasteiger partial charge in [0.25, 0.3) is 5.88 Å². The highest BCUT2D eigenvalue weighted by atomic mass is 16.6. The predicted octanol–water partition coefficient (Wildman–Crippen LogP) is 4.27. The molecule has 152 valence electrons. The van der Waals surface area contributed by atoms with E-state index in [1.807, 2.05) is 18.2 Å². The Morgan fingerprint density at radius 3 is 2.67 bits per heavy atom. The average Bonchev–Trinajstić information content (AvgIpc) is 3.30. The fourth-order valence-corrected chi connectivity index (χ4v) is 4.29. The second-order valence-electron chi connectivity index (χ2n) is 7.77. The van der Waals surface area contributed by atoms with E-state index in [4.69, 9.17) is 9.47 Å². The number of nitrogens with zero attached hydrogens (tertiary/aromatic N) is 2. The van der Waals surface area contributed by atoms with E-state index in [2.05, 4.69) is 46.3 Å². The number of pyridine rings is 1. The van der Waals surface area contributed by atoms with Crippen LogP contribution < -0.4 is 14.4 Å². The van der Waals surface area contributed by atoms with Crippen LogP contribution in [0.3, 0.4) is 0 Å². The summed E-state index contributed by atoms with van der Waals surface area (Å²) in [6, 6.07) is 22.4. The number of para-hydroxylation sites is 1. The molecule has 0 amide bonds. The molecule has 5 heteroatoms. The van der Waals surface area contributed by atoms with Crippen molar-refractivity contribution in [2.75, 3.05) is 31.2 Å². The summed E-state index contributed by atoms with van der Waals surface area (Å²) in [6.07, 6.45) is 1.44. The standard InChI is InChI=1S/C25H24N2O3/c28-23(21-10-11-24-25(26-21)30-15-14-29-24)16-19-8-4-5-9-22(19)27-13-12-20(17-27)18-6-2-1-3-7-18/h1-11,20H,12-17H2. The Balaban J connectivity index is 1.33. The number of hydrogen-bond donors (Lipinski definition) is 0. The van der Waals surface area contributed by atoms with Gasteiger partial charge < -0.3 is 14.4 Å². The van der Waals surface area contributed by atoms with Gasteiger partial charge in [-0.25, -0.2) is 4.98 Å². The Morgan fingerprint density at radius 2 is 1.77 bits per heavy atom. The SMILES string of the molecule is O=C(Cc1ccccc1N1CCC(c2ccccc2)C1)c1ccc2c(n1)OCCO2. The second-order valence-corrected chi connectivity index (χ2v) is 7.77. The minimum atomic E-state index is -0.0155. The number of rotatable bonds is 5. The Labute approximate surface area is 176 Å². The largest absolute Gasteiger partial charge is 0.484 e. The van der Waals surface area contributed by atoms with Crippen LogP contribution in [0.15, 0.2) is 66.7 Å². The van der Waals surface area contributed by atoms with Crippen molar-refractivity contribution in [3.05, 3.63) is 83.6 Å². The van der Waals surface area contributed by atoms with Crippen molar-refractivity contribution in [3.8, 4) is 11.6 Å². The van der Waals surface area contributed by atoms with Gasteiger partial charge in [0.1, 0.15) is 18.9 Å². The van der Waals surface area contributed by atoms with Crippen LogP contribution in [-0.4, -0.2) is 37.1 Å². The first-order valence-corrected chi connectivity index (χ1v) is 10.5. The number of ether oxygens (including phenoxy) is 2. The maximum Gasteiger partial charge on any atom is 0.257 e. The topological polar surface area (TPSA) is 51.7 Å². The fraction of sp³-hybridized carbons (Fsp3) is 0.280. The first-order chi connectivity index (χ1) is 14.8. The molecule has 30 heavy (non-hydrogen) atoms. The summed E-state index contributed by atoms with van der Waals surface area (Å²) in [5, 5.41) is 0. The number of carbonyl (C=O) groups excluding carboxylic acids is 1. The molecule has 1 unspecified atom stereocenters. The van der Waals surface area contributed by atoms with Crippen molar-refractivity contribution in [2.24, 2.45) is 0 Å². The summed E-state index contributed by atoms with van der Waals surface area (Å²) in [5.74, 6) is 1.51. The lowest BCUT2D eigenvalue weighted by Gasteiger charge is -2.22. The molecule has 2 aliphatic heterocycles. The first kappa shape index (κ1) is 18.7. The van der Waals surface area contributed by atoms with E-state index in [9.17, 15) is 4.79 Å². The smallest absolute Gasteiger partial charge is 0.257 e. The van der Waals surface area contributed by atoms with Crippen LogP contribution in [0.5, 0.6) is 11.6 Å². The summed E-state index contributed by atoms with van der Waals surface area (Å²) in [6.45, 7) is 2.93. The summed E-state index contributed by atoms with van der Waals surface area (Å²) in [4.78, 5) is 19.8. The highest BCUT2D eigenvalue weighted by molar-refractivity contribution is 5.96. The highest BCUT2D eigenvalue weighted by Gasteiger charge is 2.26. The third-order valence-electron chi connectivity index (χ3n) is 5.83. The normalized spacial score (nSPS) is 17.7. The summed E-state index contributed by atoms with van der Waals surface area (Å²) < 4.78 is 11.0. The van der Waals surface area contributed by atoms with Gasteiger partial charge in [0.2, 0.25) is 0 Å². The van der Waals surface area contributed by atoms with Gasteiger partial charge in [-0.2, -0.15) is 0 Å². The molecule has 1 atom stereocenters. The number of anilines is 1. The number of Topliss-reactive ketones (excluding diaryl/α,β-unsaturated/α-hetero) is 1. The molecule has 0 saturated carbocycles. The Morgan fingerprint density at radius 1 is 0.967 bits per heavy atom. The third-order valence-corrected chi connectivity index (χ3v) is 5.83.